The van der Waals surface area contributed by atoms with Crippen molar-refractivity contribution in [3.8, 4) is 45.6 Å². The highest BCUT2D eigenvalue weighted by molar-refractivity contribution is 8.00. The first-order valence-electron chi connectivity index (χ1n) is 23.6. The summed E-state index contributed by atoms with van der Waals surface area (Å²) in [4.78, 5) is 49.5. The molecule has 2 aliphatic rings. The summed E-state index contributed by atoms with van der Waals surface area (Å²) in [5.41, 5.74) is 10.6. The van der Waals surface area contributed by atoms with E-state index in [4.69, 9.17) is 29.9 Å². The Morgan fingerprint density at radius 1 is 0.264 bits per heavy atom. The van der Waals surface area contributed by atoms with Gasteiger partial charge in [-0.15, -0.1) is 0 Å². The molecule has 0 unspecified atom stereocenters. The van der Waals surface area contributed by atoms with E-state index in [0.29, 0.717) is 45.9 Å². The van der Waals surface area contributed by atoms with Gasteiger partial charge in [0.25, 0.3) is 0 Å². The summed E-state index contributed by atoms with van der Waals surface area (Å²) in [5, 5.41) is 3.86. The van der Waals surface area contributed by atoms with Crippen LogP contribution in [-0.4, -0.2) is 39.9 Å². The van der Waals surface area contributed by atoms with E-state index in [1.807, 2.05) is 24.3 Å². The molecule has 2 N–H and O–H groups in total. The van der Waals surface area contributed by atoms with E-state index in [9.17, 15) is 0 Å². The minimum Gasteiger partial charge on any atom is -0.324 e. The van der Waals surface area contributed by atoms with Crippen molar-refractivity contribution in [2.45, 2.75) is 66.9 Å². The maximum Gasteiger partial charge on any atom is 0.165 e. The number of hydrogen-bond donors (Lipinski definition) is 2. The Kier molecular flexibility index (Phi) is 11.3. The molecule has 3 aromatic heterocycles. The SMILES string of the molecule is Cc1ccc(Sc2ccccc2)c2c1-c1nc-2nc2[nH]c(nc3nc(nc4[nH]c(n1)c1c(C)ccc(Sc5ccccc5)c41)-c1c(C)ccc(Sc4ccccc4)c1-3)c1c(Sc3ccccc3)ccc(C)c21. The number of nitrogens with zero attached hydrogens (tertiary/aromatic N) is 6. The zero-order valence-electron chi connectivity index (χ0n) is 39.5. The van der Waals surface area contributed by atoms with Crippen molar-refractivity contribution < 1.29 is 0 Å². The number of H-pyrrole nitrogens is 2. The van der Waals surface area contributed by atoms with Crippen molar-refractivity contribution in [3.63, 3.8) is 0 Å². The molecule has 0 atom stereocenters. The monoisotopic (exact) mass is 1000 g/mol. The number of aryl methyl sites for hydroxylation is 4. The zero-order valence-corrected chi connectivity index (χ0v) is 42.7. The number of benzene rings is 8. The van der Waals surface area contributed by atoms with Gasteiger partial charge >= 0.3 is 0 Å². The van der Waals surface area contributed by atoms with Crippen LogP contribution in [0.4, 0.5) is 0 Å². The fourth-order valence-electron chi connectivity index (χ4n) is 9.64. The van der Waals surface area contributed by atoms with Gasteiger partial charge in [-0.1, -0.05) is 144 Å². The third-order valence-corrected chi connectivity index (χ3v) is 17.3. The summed E-state index contributed by atoms with van der Waals surface area (Å²) in [7, 11) is 0. The summed E-state index contributed by atoms with van der Waals surface area (Å²) in [6.45, 7) is 8.55. The van der Waals surface area contributed by atoms with E-state index in [1.54, 1.807) is 47.0 Å². The fourth-order valence-corrected chi connectivity index (χ4v) is 13.6. The van der Waals surface area contributed by atoms with Gasteiger partial charge in [0.15, 0.2) is 23.3 Å². The summed E-state index contributed by atoms with van der Waals surface area (Å²) in [6.07, 6.45) is 0. The molecular formula is C60H42N8S4. The van der Waals surface area contributed by atoms with Crippen LogP contribution in [0.2, 0.25) is 0 Å². The molecule has 8 nitrogen and oxygen atoms in total. The minimum absolute atomic E-state index is 0.567. The highest BCUT2D eigenvalue weighted by Gasteiger charge is 2.29. The highest BCUT2D eigenvalue weighted by Crippen LogP contribution is 2.48. The molecule has 11 aromatic rings. The van der Waals surface area contributed by atoms with E-state index >= 15 is 0 Å². The van der Waals surface area contributed by atoms with Gasteiger partial charge in [-0.2, -0.15) is 0 Å². The van der Waals surface area contributed by atoms with Crippen molar-refractivity contribution in [1.29, 1.82) is 0 Å². The first-order chi connectivity index (χ1) is 35.3. The summed E-state index contributed by atoms with van der Waals surface area (Å²) in [6, 6.07) is 59.3. The number of aromatic amines is 2. The maximum absolute atomic E-state index is 5.64. The average Bonchev–Trinajstić information content (AvgIpc) is 4.16. The average molecular weight is 1000 g/mol. The number of nitrogens with one attached hydrogen (secondary N) is 2. The molecule has 0 amide bonds. The number of hydrogen-bond acceptors (Lipinski definition) is 10. The molecule has 12 heteroatoms. The second kappa shape index (κ2) is 18.3. The molecule has 0 saturated carbocycles. The standard InChI is InChI=1S/C60H42N8S4/c1-33-25-29-41(69-37-17-9-5-10-18-37)49-45(33)53-61-54-46-34(2)26-30-42(70-38-19-11-6-12-20-38)50(46)58(63-54)65-56-48-36(4)28-32-44(72-40-23-15-8-16-24-40)52(48)60(67-56)68-59-51-43(71-39-21-13-7-14-22-39)31-27-35(3)47(51)55(66-59)64-57(49)62-53/h5-32H,1-4H3,(H2,61,62,63,64,65,66,67,68). The van der Waals surface area contributed by atoms with Gasteiger partial charge in [0.1, 0.15) is 22.6 Å². The van der Waals surface area contributed by atoms with Crippen LogP contribution in [0.3, 0.4) is 0 Å². The number of fused-ring (bicyclic) bond motifs is 20. The van der Waals surface area contributed by atoms with Crippen molar-refractivity contribution in [2.75, 3.05) is 0 Å². The Morgan fingerprint density at radius 2 is 0.542 bits per heavy atom. The van der Waals surface area contributed by atoms with E-state index < -0.39 is 0 Å². The molecule has 0 spiro atoms. The molecule has 346 valence electrons. The topological polar surface area (TPSA) is 109 Å². The molecule has 0 radical (unpaired) electrons. The van der Waals surface area contributed by atoms with Crippen LogP contribution in [0.15, 0.2) is 209 Å². The molecule has 13 rings (SSSR count). The number of aromatic nitrogens is 8. The molecule has 0 fully saturated rings. The van der Waals surface area contributed by atoms with Gasteiger partial charge in [0.2, 0.25) is 0 Å². The summed E-state index contributed by atoms with van der Waals surface area (Å²) < 4.78 is 0. The molecular weight excluding hydrogens is 961 g/mol. The minimum atomic E-state index is 0.567. The van der Waals surface area contributed by atoms with E-state index in [1.165, 1.54) is 0 Å². The third-order valence-electron chi connectivity index (χ3n) is 13.0. The predicted octanol–water partition coefficient (Wildman–Crippen LogP) is 16.7. The van der Waals surface area contributed by atoms with Crippen LogP contribution in [0, 0.1) is 27.7 Å². The molecule has 5 heterocycles. The van der Waals surface area contributed by atoms with Crippen LogP contribution in [0.1, 0.15) is 22.3 Å². The van der Waals surface area contributed by atoms with Crippen molar-refractivity contribution >= 4 is 91.2 Å². The lowest BCUT2D eigenvalue weighted by molar-refractivity contribution is 1.18. The predicted molar refractivity (Wildman–Crippen MR) is 297 cm³/mol. The normalized spacial score (nSPS) is 11.8. The summed E-state index contributed by atoms with van der Waals surface area (Å²) in [5.74, 6) is 2.29. The molecule has 8 bridgehead atoms. The van der Waals surface area contributed by atoms with Crippen LogP contribution >= 0.6 is 47.0 Å². The third kappa shape index (κ3) is 7.95. The Balaban J connectivity index is 1.20. The lowest BCUT2D eigenvalue weighted by Crippen LogP contribution is -1.90. The second-order valence-electron chi connectivity index (χ2n) is 17.8. The van der Waals surface area contributed by atoms with Gasteiger partial charge in [0.05, 0.1) is 0 Å². The second-order valence-corrected chi connectivity index (χ2v) is 22.3. The van der Waals surface area contributed by atoms with Crippen molar-refractivity contribution in [1.82, 2.24) is 39.9 Å². The molecule has 0 aliphatic carbocycles. The highest BCUT2D eigenvalue weighted by atomic mass is 32.2. The van der Waals surface area contributed by atoms with Gasteiger partial charge in [0, 0.05) is 83.0 Å². The Bertz CT molecular complexity index is 4140. The van der Waals surface area contributed by atoms with Gasteiger partial charge < -0.3 is 9.97 Å². The Morgan fingerprint density at radius 3 is 0.889 bits per heavy atom. The molecule has 72 heavy (non-hydrogen) atoms. The summed E-state index contributed by atoms with van der Waals surface area (Å²) >= 11 is 6.82. The zero-order chi connectivity index (χ0) is 48.5. The van der Waals surface area contributed by atoms with E-state index in [2.05, 4.69) is 183 Å². The largest absolute Gasteiger partial charge is 0.324 e. The van der Waals surface area contributed by atoms with Crippen LogP contribution in [0.25, 0.3) is 89.7 Å². The first kappa shape index (κ1) is 44.5. The smallest absolute Gasteiger partial charge is 0.165 e. The molecule has 8 aromatic carbocycles. The fraction of sp³-hybridized carbons (Fsp3) is 0.0667. The maximum atomic E-state index is 5.64. The van der Waals surface area contributed by atoms with E-state index in [-0.39, 0.29) is 0 Å². The van der Waals surface area contributed by atoms with Gasteiger partial charge in [-0.3, -0.25) is 0 Å². The molecule has 2 aliphatic heterocycles. The molecule has 0 saturated heterocycles. The first-order valence-corrected chi connectivity index (χ1v) is 26.9. The van der Waals surface area contributed by atoms with Crippen LogP contribution < -0.4 is 0 Å². The van der Waals surface area contributed by atoms with Gasteiger partial charge in [-0.05, 0) is 123 Å². The van der Waals surface area contributed by atoms with Crippen molar-refractivity contribution in [3.05, 3.63) is 192 Å². The Labute approximate surface area is 432 Å². The van der Waals surface area contributed by atoms with E-state index in [0.717, 1.165) is 105 Å². The quantitative estimate of drug-likeness (QED) is 0.153. The van der Waals surface area contributed by atoms with Crippen LogP contribution in [0.5, 0.6) is 0 Å². The van der Waals surface area contributed by atoms with Gasteiger partial charge in [-0.25, -0.2) is 29.9 Å². The Hall–Kier alpha value is -7.48. The van der Waals surface area contributed by atoms with Crippen molar-refractivity contribution in [2.24, 2.45) is 0 Å². The lowest BCUT2D eigenvalue weighted by atomic mass is 10.0. The number of rotatable bonds is 8. The lowest BCUT2D eigenvalue weighted by Gasteiger charge is -2.10. The van der Waals surface area contributed by atoms with Crippen LogP contribution in [-0.2, 0) is 0 Å².